The summed E-state index contributed by atoms with van der Waals surface area (Å²) in [5.41, 5.74) is 1.23. The first-order valence-corrected chi connectivity index (χ1v) is 9.10. The second kappa shape index (κ2) is 6.37. The molecule has 2 aromatic rings. The normalized spacial score (nSPS) is 12.9. The second-order valence-corrected chi connectivity index (χ2v) is 8.59. The van der Waals surface area contributed by atoms with Gasteiger partial charge in [-0.25, -0.2) is 8.42 Å². The molecular weight excluding hydrogens is 351 g/mol. The number of hydrogen-bond donors (Lipinski definition) is 1. The number of benzene rings is 2. The van der Waals surface area contributed by atoms with Crippen LogP contribution in [-0.4, -0.2) is 8.42 Å². The van der Waals surface area contributed by atoms with Gasteiger partial charge in [-0.15, -0.1) is 0 Å². The van der Waals surface area contributed by atoms with Gasteiger partial charge in [-0.1, -0.05) is 32.9 Å². The third kappa shape index (κ3) is 4.54. The van der Waals surface area contributed by atoms with Crippen LogP contribution in [0.5, 0.6) is 0 Å². The monoisotopic (exact) mass is 371 g/mol. The van der Waals surface area contributed by atoms with Crippen molar-refractivity contribution in [3.63, 3.8) is 0 Å². The predicted octanol–water partition coefficient (Wildman–Crippen LogP) is 5.11. The molecule has 0 spiro atoms. The zero-order valence-electron chi connectivity index (χ0n) is 14.4. The Morgan fingerprint density at radius 3 is 1.84 bits per heavy atom. The highest BCUT2D eigenvalue weighted by Crippen LogP contribution is 2.31. The Morgan fingerprint density at radius 1 is 0.880 bits per heavy atom. The van der Waals surface area contributed by atoms with Gasteiger partial charge in [0.15, 0.2) is 0 Å². The maximum absolute atomic E-state index is 12.6. The van der Waals surface area contributed by atoms with Crippen LogP contribution in [0.15, 0.2) is 47.4 Å². The molecule has 7 heteroatoms. The molecule has 0 fully saturated rings. The molecule has 0 aromatic heterocycles. The van der Waals surface area contributed by atoms with E-state index in [1.165, 1.54) is 0 Å². The zero-order chi connectivity index (χ0) is 19.0. The van der Waals surface area contributed by atoms with Gasteiger partial charge in [0, 0.05) is 0 Å². The number of halogens is 3. The lowest BCUT2D eigenvalue weighted by Crippen LogP contribution is -2.16. The number of alkyl halides is 3. The predicted molar refractivity (Wildman–Crippen MR) is 92.1 cm³/mol. The lowest BCUT2D eigenvalue weighted by molar-refractivity contribution is -0.137. The largest absolute Gasteiger partial charge is 0.416 e. The van der Waals surface area contributed by atoms with Crippen molar-refractivity contribution in [1.29, 1.82) is 0 Å². The Morgan fingerprint density at radius 2 is 1.40 bits per heavy atom. The SMILES string of the molecule is Cc1cc(C(C)(C)C)ccc1NS(=O)(=O)c1ccc(C(F)(F)F)cc1. The highest BCUT2D eigenvalue weighted by atomic mass is 32.2. The van der Waals surface area contributed by atoms with E-state index in [1.54, 1.807) is 13.0 Å². The van der Waals surface area contributed by atoms with Crippen molar-refractivity contribution in [3.05, 3.63) is 59.2 Å². The number of aryl methyl sites for hydroxylation is 1. The lowest BCUT2D eigenvalue weighted by Gasteiger charge is -2.21. The lowest BCUT2D eigenvalue weighted by atomic mass is 9.86. The Kier molecular flexibility index (Phi) is 4.92. The third-order valence-corrected chi connectivity index (χ3v) is 5.21. The first kappa shape index (κ1) is 19.3. The van der Waals surface area contributed by atoms with E-state index in [0.717, 1.165) is 35.4 Å². The summed E-state index contributed by atoms with van der Waals surface area (Å²) in [7, 11) is -3.96. The summed E-state index contributed by atoms with van der Waals surface area (Å²) in [4.78, 5) is -0.222. The van der Waals surface area contributed by atoms with Gasteiger partial charge in [-0.3, -0.25) is 4.72 Å². The molecule has 0 aliphatic rings. The zero-order valence-corrected chi connectivity index (χ0v) is 15.2. The molecule has 136 valence electrons. The van der Waals surface area contributed by atoms with Crippen LogP contribution in [0.25, 0.3) is 0 Å². The summed E-state index contributed by atoms with van der Waals surface area (Å²) in [6, 6.07) is 8.79. The summed E-state index contributed by atoms with van der Waals surface area (Å²) < 4.78 is 65.0. The van der Waals surface area contributed by atoms with E-state index in [1.807, 2.05) is 32.9 Å². The van der Waals surface area contributed by atoms with Crippen molar-refractivity contribution in [2.75, 3.05) is 4.72 Å². The molecule has 0 aliphatic heterocycles. The quantitative estimate of drug-likeness (QED) is 0.815. The van der Waals surface area contributed by atoms with Gasteiger partial charge in [0.2, 0.25) is 0 Å². The average Bonchev–Trinajstić information content (AvgIpc) is 2.47. The summed E-state index contributed by atoms with van der Waals surface area (Å²) >= 11 is 0. The molecule has 0 radical (unpaired) electrons. The van der Waals surface area contributed by atoms with Crippen LogP contribution < -0.4 is 4.72 Å². The van der Waals surface area contributed by atoms with Crippen LogP contribution in [0.4, 0.5) is 18.9 Å². The third-order valence-electron chi connectivity index (χ3n) is 3.83. The number of anilines is 1. The van der Waals surface area contributed by atoms with E-state index < -0.39 is 21.8 Å². The van der Waals surface area contributed by atoms with E-state index in [4.69, 9.17) is 0 Å². The van der Waals surface area contributed by atoms with Crippen molar-refractivity contribution < 1.29 is 21.6 Å². The fraction of sp³-hybridized carbons (Fsp3) is 0.333. The topological polar surface area (TPSA) is 46.2 Å². The minimum absolute atomic E-state index is 0.0738. The van der Waals surface area contributed by atoms with Crippen LogP contribution in [0, 0.1) is 6.92 Å². The summed E-state index contributed by atoms with van der Waals surface area (Å²) in [6.07, 6.45) is -4.50. The van der Waals surface area contributed by atoms with Crippen molar-refractivity contribution in [3.8, 4) is 0 Å². The summed E-state index contributed by atoms with van der Waals surface area (Å²) in [5.74, 6) is 0. The van der Waals surface area contributed by atoms with E-state index in [2.05, 4.69) is 4.72 Å². The van der Waals surface area contributed by atoms with Gasteiger partial charge in [-0.2, -0.15) is 13.2 Å². The maximum Gasteiger partial charge on any atom is 0.416 e. The Hall–Kier alpha value is -2.02. The molecule has 0 aliphatic carbocycles. The first-order chi connectivity index (χ1) is 11.3. The van der Waals surface area contributed by atoms with Crippen molar-refractivity contribution in [1.82, 2.24) is 0 Å². The van der Waals surface area contributed by atoms with E-state index >= 15 is 0 Å². The van der Waals surface area contributed by atoms with Gasteiger partial charge in [0.05, 0.1) is 16.1 Å². The van der Waals surface area contributed by atoms with Gasteiger partial charge >= 0.3 is 6.18 Å². The van der Waals surface area contributed by atoms with Gasteiger partial charge in [0.25, 0.3) is 10.0 Å². The minimum Gasteiger partial charge on any atom is -0.279 e. The molecule has 0 unspecified atom stereocenters. The second-order valence-electron chi connectivity index (χ2n) is 6.91. The van der Waals surface area contributed by atoms with Crippen LogP contribution in [0.1, 0.15) is 37.5 Å². The molecule has 0 heterocycles. The molecule has 0 atom stereocenters. The van der Waals surface area contributed by atoms with Gasteiger partial charge in [0.1, 0.15) is 0 Å². The van der Waals surface area contributed by atoms with Gasteiger partial charge < -0.3 is 0 Å². The minimum atomic E-state index is -4.50. The first-order valence-electron chi connectivity index (χ1n) is 7.62. The smallest absolute Gasteiger partial charge is 0.279 e. The molecule has 25 heavy (non-hydrogen) atoms. The molecule has 2 rings (SSSR count). The Labute approximate surface area is 145 Å². The number of nitrogens with one attached hydrogen (secondary N) is 1. The summed E-state index contributed by atoms with van der Waals surface area (Å²) in [6.45, 7) is 7.93. The number of hydrogen-bond acceptors (Lipinski definition) is 2. The molecule has 0 saturated carbocycles. The fourth-order valence-electron chi connectivity index (χ4n) is 2.27. The molecule has 3 nitrogen and oxygen atoms in total. The number of rotatable bonds is 3. The molecule has 0 saturated heterocycles. The average molecular weight is 371 g/mol. The van der Waals surface area contributed by atoms with Crippen molar-refractivity contribution in [2.24, 2.45) is 0 Å². The van der Waals surface area contributed by atoms with Crippen LogP contribution >= 0.6 is 0 Å². The maximum atomic E-state index is 12.6. The van der Waals surface area contributed by atoms with Crippen molar-refractivity contribution in [2.45, 2.75) is 44.2 Å². The Bertz CT molecular complexity index is 865. The molecule has 0 bridgehead atoms. The van der Waals surface area contributed by atoms with E-state index in [9.17, 15) is 21.6 Å². The molecule has 1 N–H and O–H groups in total. The van der Waals surface area contributed by atoms with Crippen LogP contribution in [0.2, 0.25) is 0 Å². The fourth-order valence-corrected chi connectivity index (χ4v) is 3.40. The number of sulfonamides is 1. The highest BCUT2D eigenvalue weighted by Gasteiger charge is 2.30. The van der Waals surface area contributed by atoms with E-state index in [-0.39, 0.29) is 10.3 Å². The Balaban J connectivity index is 2.30. The molecule has 2 aromatic carbocycles. The van der Waals surface area contributed by atoms with Gasteiger partial charge in [-0.05, 0) is 53.8 Å². The standard InChI is InChI=1S/C18H20F3NO2S/c1-12-11-14(17(2,3)4)7-10-16(12)22-25(23,24)15-8-5-13(6-9-15)18(19,20)21/h5-11,22H,1-4H3. The molecular formula is C18H20F3NO2S. The highest BCUT2D eigenvalue weighted by molar-refractivity contribution is 7.92. The van der Waals surface area contributed by atoms with Crippen molar-refractivity contribution >= 4 is 15.7 Å². The van der Waals surface area contributed by atoms with Crippen LogP contribution in [0.3, 0.4) is 0 Å². The van der Waals surface area contributed by atoms with E-state index in [0.29, 0.717) is 5.69 Å². The molecule has 0 amide bonds. The van der Waals surface area contributed by atoms with Crippen LogP contribution in [-0.2, 0) is 21.6 Å². The summed E-state index contributed by atoms with van der Waals surface area (Å²) in [5, 5.41) is 0.